The lowest BCUT2D eigenvalue weighted by molar-refractivity contribution is 0.270. The fourth-order valence-electron chi connectivity index (χ4n) is 3.67. The number of hydrogen-bond donors (Lipinski definition) is 1. The van der Waals surface area contributed by atoms with E-state index in [1.54, 1.807) is 0 Å². The molecule has 2 fully saturated rings. The van der Waals surface area contributed by atoms with E-state index in [9.17, 15) is 0 Å². The van der Waals surface area contributed by atoms with Gasteiger partial charge in [-0.3, -0.25) is 0 Å². The van der Waals surface area contributed by atoms with Crippen LogP contribution in [0.4, 0.5) is 0 Å². The van der Waals surface area contributed by atoms with Gasteiger partial charge < -0.3 is 9.84 Å². The second kappa shape index (κ2) is 7.63. The molecular weight excluding hydrogens is 282 g/mol. The van der Waals surface area contributed by atoms with Gasteiger partial charge in [0.05, 0.1) is 11.7 Å². The van der Waals surface area contributed by atoms with Gasteiger partial charge in [-0.05, 0) is 32.7 Å². The van der Waals surface area contributed by atoms with Gasteiger partial charge in [-0.2, -0.15) is 16.7 Å². The molecule has 5 heteroatoms. The predicted molar refractivity (Wildman–Crippen MR) is 86.5 cm³/mol. The van der Waals surface area contributed by atoms with Crippen LogP contribution in [0.5, 0.6) is 0 Å². The Morgan fingerprint density at radius 1 is 1.10 bits per heavy atom. The highest BCUT2D eigenvalue weighted by Gasteiger charge is 2.29. The predicted octanol–water partition coefficient (Wildman–Crippen LogP) is 3.88. The van der Waals surface area contributed by atoms with Gasteiger partial charge in [0.1, 0.15) is 0 Å². The molecule has 3 rings (SSSR count). The summed E-state index contributed by atoms with van der Waals surface area (Å²) in [6.45, 7) is 0. The number of thioether (sulfide) groups is 1. The van der Waals surface area contributed by atoms with Crippen molar-refractivity contribution in [2.45, 2.75) is 80.7 Å². The first-order valence-corrected chi connectivity index (χ1v) is 9.53. The van der Waals surface area contributed by atoms with Crippen LogP contribution in [0.1, 0.15) is 75.4 Å². The first-order chi connectivity index (χ1) is 10.4. The van der Waals surface area contributed by atoms with E-state index in [1.807, 2.05) is 18.8 Å². The van der Waals surface area contributed by atoms with Crippen molar-refractivity contribution >= 4 is 11.8 Å². The molecule has 4 nitrogen and oxygen atoms in total. The average molecular weight is 309 g/mol. The van der Waals surface area contributed by atoms with Crippen LogP contribution < -0.4 is 5.32 Å². The molecule has 2 aliphatic carbocycles. The second-order valence-corrected chi connectivity index (χ2v) is 7.69. The van der Waals surface area contributed by atoms with E-state index in [-0.39, 0.29) is 0 Å². The van der Waals surface area contributed by atoms with Crippen LogP contribution in [-0.4, -0.2) is 28.5 Å². The molecule has 21 heavy (non-hydrogen) atoms. The zero-order valence-corrected chi connectivity index (χ0v) is 13.8. The Balaban J connectivity index is 1.55. The molecule has 1 aromatic heterocycles. The third kappa shape index (κ3) is 4.01. The molecule has 2 aliphatic rings. The third-order valence-corrected chi connectivity index (χ3v) is 6.31. The van der Waals surface area contributed by atoms with Crippen LogP contribution in [0.15, 0.2) is 4.52 Å². The quantitative estimate of drug-likeness (QED) is 0.894. The van der Waals surface area contributed by atoms with Crippen molar-refractivity contribution in [1.82, 2.24) is 15.5 Å². The summed E-state index contributed by atoms with van der Waals surface area (Å²) < 4.78 is 5.56. The molecular formula is C16H27N3OS. The highest BCUT2D eigenvalue weighted by atomic mass is 32.2. The number of hydrogen-bond acceptors (Lipinski definition) is 5. The van der Waals surface area contributed by atoms with Crippen molar-refractivity contribution in [3.05, 3.63) is 11.7 Å². The monoisotopic (exact) mass is 309 g/mol. The van der Waals surface area contributed by atoms with Crippen LogP contribution in [0.2, 0.25) is 0 Å². The minimum absolute atomic E-state index is 0.407. The Morgan fingerprint density at radius 3 is 2.67 bits per heavy atom. The molecule has 2 unspecified atom stereocenters. The van der Waals surface area contributed by atoms with Crippen molar-refractivity contribution in [3.8, 4) is 0 Å². The summed E-state index contributed by atoms with van der Waals surface area (Å²) in [6, 6.07) is 0.498. The van der Waals surface area contributed by atoms with E-state index in [2.05, 4.69) is 15.5 Å². The topological polar surface area (TPSA) is 51.0 Å². The minimum Gasteiger partial charge on any atom is -0.339 e. The van der Waals surface area contributed by atoms with Gasteiger partial charge >= 0.3 is 0 Å². The van der Waals surface area contributed by atoms with Gasteiger partial charge in [0, 0.05) is 11.3 Å². The SMILES string of the molecule is CNC1CCCCC1c1nc(CSC2CCCCC2)no1. The van der Waals surface area contributed by atoms with Crippen molar-refractivity contribution in [2.75, 3.05) is 7.05 Å². The first-order valence-electron chi connectivity index (χ1n) is 8.48. The number of rotatable bonds is 5. The normalized spacial score (nSPS) is 27.9. The summed E-state index contributed by atoms with van der Waals surface area (Å²) in [5.41, 5.74) is 0. The molecule has 2 atom stereocenters. The molecule has 0 bridgehead atoms. The largest absolute Gasteiger partial charge is 0.339 e. The highest BCUT2D eigenvalue weighted by Crippen LogP contribution is 2.33. The molecule has 2 saturated carbocycles. The summed E-state index contributed by atoms with van der Waals surface area (Å²) in [6.07, 6.45) is 11.9. The Kier molecular flexibility index (Phi) is 5.58. The maximum atomic E-state index is 5.56. The molecule has 0 spiro atoms. The summed E-state index contributed by atoms with van der Waals surface area (Å²) in [4.78, 5) is 4.68. The molecule has 0 radical (unpaired) electrons. The molecule has 0 aliphatic heterocycles. The van der Waals surface area contributed by atoms with E-state index in [1.165, 1.54) is 57.8 Å². The van der Waals surface area contributed by atoms with Crippen molar-refractivity contribution < 1.29 is 4.52 Å². The lowest BCUT2D eigenvalue weighted by Gasteiger charge is -2.28. The second-order valence-electron chi connectivity index (χ2n) is 6.41. The van der Waals surface area contributed by atoms with Crippen molar-refractivity contribution in [2.24, 2.45) is 0 Å². The first kappa shape index (κ1) is 15.3. The summed E-state index contributed by atoms with van der Waals surface area (Å²) in [7, 11) is 2.04. The molecule has 0 amide bonds. The van der Waals surface area contributed by atoms with E-state index in [0.29, 0.717) is 12.0 Å². The van der Waals surface area contributed by atoms with Gasteiger partial charge in [-0.25, -0.2) is 0 Å². The smallest absolute Gasteiger partial charge is 0.231 e. The third-order valence-electron chi connectivity index (χ3n) is 4.94. The maximum Gasteiger partial charge on any atom is 0.231 e. The molecule has 1 heterocycles. The van der Waals surface area contributed by atoms with Crippen LogP contribution in [0, 0.1) is 0 Å². The lowest BCUT2D eigenvalue weighted by atomic mass is 9.84. The number of nitrogens with one attached hydrogen (secondary N) is 1. The average Bonchev–Trinajstić information content (AvgIpc) is 3.02. The Hall–Kier alpha value is -0.550. The fourth-order valence-corrected chi connectivity index (χ4v) is 4.84. The summed E-state index contributed by atoms with van der Waals surface area (Å²) >= 11 is 2.02. The zero-order valence-electron chi connectivity index (χ0n) is 13.0. The van der Waals surface area contributed by atoms with Gasteiger partial charge in [0.2, 0.25) is 5.89 Å². The van der Waals surface area contributed by atoms with Gasteiger partial charge in [-0.1, -0.05) is 37.3 Å². The Bertz CT molecular complexity index is 431. The maximum absolute atomic E-state index is 5.56. The van der Waals surface area contributed by atoms with Crippen molar-refractivity contribution in [3.63, 3.8) is 0 Å². The van der Waals surface area contributed by atoms with Crippen LogP contribution in [0.25, 0.3) is 0 Å². The van der Waals surface area contributed by atoms with Crippen LogP contribution in [0.3, 0.4) is 0 Å². The van der Waals surface area contributed by atoms with Gasteiger partial charge in [0.25, 0.3) is 0 Å². The van der Waals surface area contributed by atoms with Gasteiger partial charge in [-0.15, -0.1) is 0 Å². The highest BCUT2D eigenvalue weighted by molar-refractivity contribution is 7.99. The lowest BCUT2D eigenvalue weighted by Crippen LogP contribution is -2.34. The summed E-state index contributed by atoms with van der Waals surface area (Å²) in [5, 5.41) is 8.43. The number of likely N-dealkylation sites (N-methyl/N-ethyl adjacent to an activating group) is 1. The van der Waals surface area contributed by atoms with E-state index in [0.717, 1.165) is 22.7 Å². The Labute approximate surface area is 131 Å². The number of nitrogens with zero attached hydrogens (tertiary/aromatic N) is 2. The van der Waals surface area contributed by atoms with E-state index in [4.69, 9.17) is 4.52 Å². The zero-order chi connectivity index (χ0) is 14.5. The van der Waals surface area contributed by atoms with Crippen molar-refractivity contribution in [1.29, 1.82) is 0 Å². The minimum atomic E-state index is 0.407. The molecule has 1 N–H and O–H groups in total. The Morgan fingerprint density at radius 2 is 1.86 bits per heavy atom. The van der Waals surface area contributed by atoms with Crippen LogP contribution in [-0.2, 0) is 5.75 Å². The molecule has 118 valence electrons. The molecule has 0 aromatic carbocycles. The fraction of sp³-hybridized carbons (Fsp3) is 0.875. The van der Waals surface area contributed by atoms with Crippen LogP contribution >= 0.6 is 11.8 Å². The van der Waals surface area contributed by atoms with E-state index < -0.39 is 0 Å². The number of aromatic nitrogens is 2. The van der Waals surface area contributed by atoms with Gasteiger partial charge in [0.15, 0.2) is 5.82 Å². The molecule has 1 aromatic rings. The van der Waals surface area contributed by atoms with E-state index >= 15 is 0 Å². The standard InChI is InChI=1S/C16H27N3OS/c1-17-14-10-6-5-9-13(14)16-18-15(19-20-16)11-21-12-7-3-2-4-8-12/h12-14,17H,2-11H2,1H3. The summed E-state index contributed by atoms with van der Waals surface area (Å²) in [5.74, 6) is 3.06. The molecule has 0 saturated heterocycles.